The van der Waals surface area contributed by atoms with Crippen molar-refractivity contribution in [1.29, 1.82) is 0 Å². The molecule has 1 aromatic rings. The van der Waals surface area contributed by atoms with E-state index in [9.17, 15) is 5.11 Å². The van der Waals surface area contributed by atoms with Gasteiger partial charge in [-0.1, -0.05) is 0 Å². The van der Waals surface area contributed by atoms with Crippen molar-refractivity contribution in [2.24, 2.45) is 5.73 Å². The highest BCUT2D eigenvalue weighted by molar-refractivity contribution is 4.84. The van der Waals surface area contributed by atoms with Crippen LogP contribution in [-0.4, -0.2) is 31.9 Å². The molecule has 6 nitrogen and oxygen atoms in total. The molecule has 0 bridgehead atoms. The van der Waals surface area contributed by atoms with Gasteiger partial charge >= 0.3 is 0 Å². The van der Waals surface area contributed by atoms with Gasteiger partial charge in [0.1, 0.15) is 6.10 Å². The molecule has 12 heavy (non-hydrogen) atoms. The van der Waals surface area contributed by atoms with Gasteiger partial charge in [0.05, 0.1) is 6.04 Å². The fraction of sp³-hybridized carbons (Fsp3) is 0.833. The van der Waals surface area contributed by atoms with Crippen molar-refractivity contribution in [2.45, 2.75) is 26.0 Å². The van der Waals surface area contributed by atoms with Crippen LogP contribution in [0.2, 0.25) is 0 Å². The fourth-order valence-electron chi connectivity index (χ4n) is 0.694. The highest BCUT2D eigenvalue weighted by atomic mass is 16.3. The second-order valence-corrected chi connectivity index (χ2v) is 2.81. The first-order valence-corrected chi connectivity index (χ1v) is 3.82. The Balaban J connectivity index is 2.77. The number of rotatable bonds is 3. The molecule has 0 amide bonds. The quantitative estimate of drug-likeness (QED) is 0.624. The minimum absolute atomic E-state index is 0.115. The molecule has 6 heteroatoms. The minimum atomic E-state index is -0.808. The predicted octanol–water partition coefficient (Wildman–Crippen LogP) is -0.754. The molecule has 0 saturated carbocycles. The lowest BCUT2D eigenvalue weighted by Gasteiger charge is -2.01. The number of hydrogen-bond acceptors (Lipinski definition) is 5. The number of aliphatic hydroxyl groups is 1. The van der Waals surface area contributed by atoms with Gasteiger partial charge in [-0.3, -0.25) is 0 Å². The summed E-state index contributed by atoms with van der Waals surface area (Å²) in [5, 5.41) is 20.6. The Morgan fingerprint density at radius 1 is 1.58 bits per heavy atom. The molecule has 3 N–H and O–H groups in total. The lowest BCUT2D eigenvalue weighted by molar-refractivity contribution is 0.176. The van der Waals surface area contributed by atoms with E-state index in [-0.39, 0.29) is 18.4 Å². The van der Waals surface area contributed by atoms with Gasteiger partial charge in [0.2, 0.25) is 5.82 Å². The van der Waals surface area contributed by atoms with Crippen LogP contribution in [0.1, 0.15) is 31.8 Å². The highest BCUT2D eigenvalue weighted by Crippen LogP contribution is 2.04. The van der Waals surface area contributed by atoms with E-state index < -0.39 is 6.10 Å². The third-order valence-electron chi connectivity index (χ3n) is 1.43. The van der Waals surface area contributed by atoms with Gasteiger partial charge in [0.25, 0.3) is 0 Å². The Labute approximate surface area is 70.4 Å². The van der Waals surface area contributed by atoms with Gasteiger partial charge in [0.15, 0.2) is 0 Å². The minimum Gasteiger partial charge on any atom is -0.384 e. The largest absolute Gasteiger partial charge is 0.384 e. The maximum atomic E-state index is 9.22. The van der Waals surface area contributed by atoms with E-state index in [4.69, 9.17) is 5.73 Å². The number of aromatic nitrogens is 4. The van der Waals surface area contributed by atoms with Gasteiger partial charge in [-0.15, -0.1) is 10.2 Å². The van der Waals surface area contributed by atoms with Crippen LogP contribution in [0.4, 0.5) is 0 Å². The molecule has 1 unspecified atom stereocenters. The van der Waals surface area contributed by atoms with Crippen LogP contribution in [0, 0.1) is 0 Å². The lowest BCUT2D eigenvalue weighted by Crippen LogP contribution is -2.13. The van der Waals surface area contributed by atoms with Crippen LogP contribution in [0.3, 0.4) is 0 Å². The molecule has 0 saturated heterocycles. The molecule has 0 fully saturated rings. The van der Waals surface area contributed by atoms with Crippen molar-refractivity contribution >= 4 is 0 Å². The van der Waals surface area contributed by atoms with Crippen molar-refractivity contribution in [2.75, 3.05) is 6.54 Å². The molecule has 1 rings (SSSR count). The maximum absolute atomic E-state index is 9.22. The molecule has 0 aliphatic rings. The van der Waals surface area contributed by atoms with E-state index in [0.29, 0.717) is 0 Å². The summed E-state index contributed by atoms with van der Waals surface area (Å²) in [6.07, 6.45) is -0.808. The Morgan fingerprint density at radius 3 is 2.67 bits per heavy atom. The number of tetrazole rings is 1. The number of nitrogens with two attached hydrogens (primary N) is 1. The maximum Gasteiger partial charge on any atom is 0.204 e. The second-order valence-electron chi connectivity index (χ2n) is 2.81. The fourth-order valence-corrected chi connectivity index (χ4v) is 0.694. The van der Waals surface area contributed by atoms with Crippen LogP contribution in [0.5, 0.6) is 0 Å². The van der Waals surface area contributed by atoms with Crippen molar-refractivity contribution in [1.82, 2.24) is 20.2 Å². The molecule has 0 spiro atoms. The summed E-state index contributed by atoms with van der Waals surface area (Å²) in [4.78, 5) is 1.44. The first-order valence-electron chi connectivity index (χ1n) is 3.82. The Bertz CT molecular complexity index is 246. The third-order valence-corrected chi connectivity index (χ3v) is 1.43. The predicted molar refractivity (Wildman–Crippen MR) is 42.2 cm³/mol. The average Bonchev–Trinajstić information content (AvgIpc) is 2.51. The standard InChI is InChI=1S/C6H13N5O/c1-4(2)11-9-6(8-10-11)5(12)3-7/h4-5,12H,3,7H2,1-2H3. The van der Waals surface area contributed by atoms with Crippen molar-refractivity contribution in [3.05, 3.63) is 5.82 Å². The SMILES string of the molecule is CC(C)n1nnc(C(O)CN)n1. The van der Waals surface area contributed by atoms with E-state index in [1.54, 1.807) is 0 Å². The average molecular weight is 171 g/mol. The van der Waals surface area contributed by atoms with Crippen LogP contribution in [0.15, 0.2) is 0 Å². The summed E-state index contributed by atoms with van der Waals surface area (Å²) in [6.45, 7) is 3.98. The van der Waals surface area contributed by atoms with E-state index >= 15 is 0 Å². The molecular formula is C6H13N5O. The van der Waals surface area contributed by atoms with E-state index in [1.807, 2.05) is 13.8 Å². The molecular weight excluding hydrogens is 158 g/mol. The van der Waals surface area contributed by atoms with Gasteiger partial charge in [-0.2, -0.15) is 4.80 Å². The number of aliphatic hydroxyl groups excluding tert-OH is 1. The molecule has 1 atom stereocenters. The van der Waals surface area contributed by atoms with Crippen LogP contribution < -0.4 is 5.73 Å². The molecule has 1 aromatic heterocycles. The molecule has 0 radical (unpaired) electrons. The van der Waals surface area contributed by atoms with Gasteiger partial charge in [0, 0.05) is 6.54 Å². The summed E-state index contributed by atoms with van der Waals surface area (Å²) in [6, 6.07) is 0.149. The summed E-state index contributed by atoms with van der Waals surface area (Å²) < 4.78 is 0. The third kappa shape index (κ3) is 1.77. The molecule has 1 heterocycles. The molecule has 0 aliphatic heterocycles. The molecule has 68 valence electrons. The summed E-state index contributed by atoms with van der Waals surface area (Å²) in [7, 11) is 0. The van der Waals surface area contributed by atoms with Crippen LogP contribution in [-0.2, 0) is 0 Å². The van der Waals surface area contributed by atoms with Gasteiger partial charge in [-0.05, 0) is 19.1 Å². The lowest BCUT2D eigenvalue weighted by atomic mass is 10.3. The first kappa shape index (κ1) is 9.08. The highest BCUT2D eigenvalue weighted by Gasteiger charge is 2.12. The van der Waals surface area contributed by atoms with Crippen LogP contribution in [0.25, 0.3) is 0 Å². The van der Waals surface area contributed by atoms with Crippen molar-refractivity contribution < 1.29 is 5.11 Å². The van der Waals surface area contributed by atoms with E-state index in [1.165, 1.54) is 4.80 Å². The van der Waals surface area contributed by atoms with E-state index in [0.717, 1.165) is 0 Å². The molecule has 0 aromatic carbocycles. The Kier molecular flexibility index (Phi) is 2.72. The van der Waals surface area contributed by atoms with Crippen molar-refractivity contribution in [3.63, 3.8) is 0 Å². The van der Waals surface area contributed by atoms with E-state index in [2.05, 4.69) is 15.4 Å². The normalized spacial score (nSPS) is 13.8. The zero-order chi connectivity index (χ0) is 9.14. The van der Waals surface area contributed by atoms with Crippen molar-refractivity contribution in [3.8, 4) is 0 Å². The first-order chi connectivity index (χ1) is 5.65. The monoisotopic (exact) mass is 171 g/mol. The number of nitrogens with zero attached hydrogens (tertiary/aromatic N) is 4. The number of hydrogen-bond donors (Lipinski definition) is 2. The summed E-state index contributed by atoms with van der Waals surface area (Å²) in [5.74, 6) is 0.284. The smallest absolute Gasteiger partial charge is 0.204 e. The van der Waals surface area contributed by atoms with Gasteiger partial charge < -0.3 is 10.8 Å². The zero-order valence-corrected chi connectivity index (χ0v) is 7.18. The second kappa shape index (κ2) is 3.59. The topological polar surface area (TPSA) is 89.8 Å². The van der Waals surface area contributed by atoms with Gasteiger partial charge in [-0.25, -0.2) is 0 Å². The molecule has 0 aliphatic carbocycles. The Hall–Kier alpha value is -1.01. The van der Waals surface area contributed by atoms with Crippen LogP contribution >= 0.6 is 0 Å². The Morgan fingerprint density at radius 2 is 2.25 bits per heavy atom. The zero-order valence-electron chi connectivity index (χ0n) is 7.18. The summed E-state index contributed by atoms with van der Waals surface area (Å²) >= 11 is 0. The summed E-state index contributed by atoms with van der Waals surface area (Å²) in [5.41, 5.74) is 5.22.